The molecule has 0 bridgehead atoms. The number of benzene rings is 7. The zero-order valence-electron chi connectivity index (χ0n) is 27.0. The molecule has 0 aliphatic carbocycles. The van der Waals surface area contributed by atoms with Crippen LogP contribution >= 0.6 is 11.3 Å². The summed E-state index contributed by atoms with van der Waals surface area (Å²) in [4.78, 5) is 15.2. The van der Waals surface area contributed by atoms with E-state index in [2.05, 4.69) is 97.1 Å². The first-order chi connectivity index (χ1) is 25.2. The summed E-state index contributed by atoms with van der Waals surface area (Å²) < 4.78 is 15.2. The minimum atomic E-state index is 0.567. The Morgan fingerprint density at radius 2 is 0.961 bits per heavy atom. The van der Waals surface area contributed by atoms with Gasteiger partial charge >= 0.3 is 0 Å². The van der Waals surface area contributed by atoms with E-state index in [0.29, 0.717) is 17.5 Å². The zero-order valence-corrected chi connectivity index (χ0v) is 27.8. The van der Waals surface area contributed by atoms with Gasteiger partial charge in [-0.1, -0.05) is 103 Å². The summed E-state index contributed by atoms with van der Waals surface area (Å²) in [6.45, 7) is 0. The van der Waals surface area contributed by atoms with Gasteiger partial charge in [-0.05, 0) is 59.7 Å². The van der Waals surface area contributed by atoms with Crippen LogP contribution in [0.5, 0.6) is 0 Å². The molecule has 5 nitrogen and oxygen atoms in total. The largest absolute Gasteiger partial charge is 0.456 e. The van der Waals surface area contributed by atoms with Crippen LogP contribution in [0.1, 0.15) is 0 Å². The third-order valence-electron chi connectivity index (χ3n) is 9.75. The molecule has 0 unspecified atom stereocenters. The maximum Gasteiger partial charge on any atom is 0.167 e. The second kappa shape index (κ2) is 10.9. The maximum absolute atomic E-state index is 6.61. The molecule has 0 saturated heterocycles. The molecule has 0 N–H and O–H groups in total. The van der Waals surface area contributed by atoms with E-state index in [4.69, 9.17) is 23.8 Å². The first-order valence-corrected chi connectivity index (χ1v) is 17.7. The van der Waals surface area contributed by atoms with E-state index >= 15 is 0 Å². The summed E-state index contributed by atoms with van der Waals surface area (Å²) in [5, 5.41) is 6.77. The van der Waals surface area contributed by atoms with Gasteiger partial charge in [0.25, 0.3) is 0 Å². The first kappa shape index (κ1) is 28.2. The van der Waals surface area contributed by atoms with Crippen molar-refractivity contribution < 1.29 is 8.83 Å². The Kier molecular flexibility index (Phi) is 6.05. The minimum Gasteiger partial charge on any atom is -0.456 e. The first-order valence-electron chi connectivity index (χ1n) is 16.8. The van der Waals surface area contributed by atoms with Crippen LogP contribution in [-0.2, 0) is 0 Å². The highest BCUT2D eigenvalue weighted by Gasteiger charge is 2.19. The standard InChI is InChI=1S/C45H25N3O2S/c1-2-9-26(10-3-1)43-46-44(29-17-20-32-31-12-5-7-16-40(31)51-41(32)25-29)48-45(47-43)34-14-8-13-33-36-24-28(19-22-39(36)50-42(33)34)27-18-21-38-35(23-27)30-11-4-6-15-37(30)49-38/h1-25H. The van der Waals surface area contributed by atoms with Gasteiger partial charge in [-0.3, -0.25) is 0 Å². The highest BCUT2D eigenvalue weighted by Crippen LogP contribution is 2.40. The van der Waals surface area contributed by atoms with Gasteiger partial charge in [0, 0.05) is 52.8 Å². The molecule has 7 aromatic carbocycles. The number of thiophene rings is 1. The van der Waals surface area contributed by atoms with Crippen molar-refractivity contribution >= 4 is 75.4 Å². The summed E-state index contributed by atoms with van der Waals surface area (Å²) in [6, 6.07) is 52.2. The lowest BCUT2D eigenvalue weighted by atomic mass is 10.00. The van der Waals surface area contributed by atoms with Crippen molar-refractivity contribution in [2.75, 3.05) is 0 Å². The fourth-order valence-corrected chi connectivity index (χ4v) is 8.41. The van der Waals surface area contributed by atoms with Crippen molar-refractivity contribution in [3.05, 3.63) is 152 Å². The van der Waals surface area contributed by atoms with E-state index in [9.17, 15) is 0 Å². The Balaban J connectivity index is 1.07. The van der Waals surface area contributed by atoms with Crippen LogP contribution in [0.2, 0.25) is 0 Å². The molecule has 0 saturated carbocycles. The number of hydrogen-bond acceptors (Lipinski definition) is 6. The molecule has 6 heteroatoms. The monoisotopic (exact) mass is 671 g/mol. The number of furan rings is 2. The molecule has 0 radical (unpaired) electrons. The third-order valence-corrected chi connectivity index (χ3v) is 10.9. The molecule has 4 aromatic heterocycles. The van der Waals surface area contributed by atoms with Gasteiger partial charge in [0.15, 0.2) is 17.5 Å². The van der Waals surface area contributed by atoms with Crippen LogP contribution in [-0.4, -0.2) is 15.0 Å². The predicted octanol–water partition coefficient (Wildman–Crippen LogP) is 12.7. The van der Waals surface area contributed by atoms with Crippen LogP contribution in [0.3, 0.4) is 0 Å². The quantitative estimate of drug-likeness (QED) is 0.186. The van der Waals surface area contributed by atoms with Gasteiger partial charge < -0.3 is 8.83 Å². The van der Waals surface area contributed by atoms with Crippen LogP contribution in [0.4, 0.5) is 0 Å². The predicted molar refractivity (Wildman–Crippen MR) is 209 cm³/mol. The summed E-state index contributed by atoms with van der Waals surface area (Å²) in [5.41, 5.74) is 8.25. The van der Waals surface area contributed by atoms with E-state index in [-0.39, 0.29) is 0 Å². The van der Waals surface area contributed by atoms with E-state index in [1.807, 2.05) is 54.6 Å². The van der Waals surface area contributed by atoms with E-state index in [1.54, 1.807) is 11.3 Å². The Morgan fingerprint density at radius 3 is 1.80 bits per heavy atom. The van der Waals surface area contributed by atoms with Crippen LogP contribution in [0.25, 0.3) is 109 Å². The summed E-state index contributed by atoms with van der Waals surface area (Å²) >= 11 is 1.79. The van der Waals surface area contributed by atoms with E-state index in [0.717, 1.165) is 71.7 Å². The minimum absolute atomic E-state index is 0.567. The molecule has 51 heavy (non-hydrogen) atoms. The lowest BCUT2D eigenvalue weighted by Gasteiger charge is -2.09. The fourth-order valence-electron chi connectivity index (χ4n) is 7.27. The highest BCUT2D eigenvalue weighted by molar-refractivity contribution is 7.25. The van der Waals surface area contributed by atoms with Gasteiger partial charge in [0.2, 0.25) is 0 Å². The lowest BCUT2D eigenvalue weighted by molar-refractivity contribution is 0.668. The summed E-state index contributed by atoms with van der Waals surface area (Å²) in [5.74, 6) is 1.80. The molecule has 11 rings (SSSR count). The highest BCUT2D eigenvalue weighted by atomic mass is 32.1. The molecular weight excluding hydrogens is 647 g/mol. The average Bonchev–Trinajstić information content (AvgIpc) is 3.88. The molecule has 0 fully saturated rings. The molecular formula is C45H25N3O2S. The van der Waals surface area contributed by atoms with E-state index in [1.165, 1.54) is 20.2 Å². The normalized spacial score (nSPS) is 11.9. The second-order valence-electron chi connectivity index (χ2n) is 12.8. The Labute approximate surface area is 295 Å². The van der Waals surface area contributed by atoms with Gasteiger partial charge in [-0.25, -0.2) is 15.0 Å². The van der Waals surface area contributed by atoms with Crippen LogP contribution < -0.4 is 0 Å². The lowest BCUT2D eigenvalue weighted by Crippen LogP contribution is -2.00. The van der Waals surface area contributed by atoms with E-state index < -0.39 is 0 Å². The van der Waals surface area contributed by atoms with Gasteiger partial charge in [-0.15, -0.1) is 11.3 Å². The van der Waals surface area contributed by atoms with Crippen molar-refractivity contribution in [2.24, 2.45) is 0 Å². The van der Waals surface area contributed by atoms with Crippen LogP contribution in [0.15, 0.2) is 160 Å². The molecule has 0 aliphatic rings. The SMILES string of the molecule is c1ccc(-c2nc(-c3ccc4c(c3)sc3ccccc34)nc(-c3cccc4c3oc3ccc(-c5ccc6oc7ccccc7c6c5)cc34)n2)cc1. The number of para-hydroxylation sites is 2. The third kappa shape index (κ3) is 4.50. The Morgan fingerprint density at radius 1 is 0.353 bits per heavy atom. The van der Waals surface area contributed by atoms with Crippen molar-refractivity contribution in [2.45, 2.75) is 0 Å². The van der Waals surface area contributed by atoms with Crippen molar-refractivity contribution in [3.8, 4) is 45.3 Å². The number of fused-ring (bicyclic) bond motifs is 9. The topological polar surface area (TPSA) is 65.0 Å². The number of hydrogen-bond donors (Lipinski definition) is 0. The van der Waals surface area contributed by atoms with Crippen molar-refractivity contribution in [1.29, 1.82) is 0 Å². The number of aromatic nitrogens is 3. The zero-order chi connectivity index (χ0) is 33.5. The smallest absolute Gasteiger partial charge is 0.167 e. The molecule has 0 amide bonds. The average molecular weight is 672 g/mol. The van der Waals surface area contributed by atoms with Crippen molar-refractivity contribution in [3.63, 3.8) is 0 Å². The van der Waals surface area contributed by atoms with Gasteiger partial charge in [-0.2, -0.15) is 0 Å². The van der Waals surface area contributed by atoms with Gasteiger partial charge in [0.1, 0.15) is 22.3 Å². The molecule has 11 aromatic rings. The summed E-state index contributed by atoms with van der Waals surface area (Å²) in [6.07, 6.45) is 0. The maximum atomic E-state index is 6.61. The molecule has 0 aliphatic heterocycles. The fraction of sp³-hybridized carbons (Fsp3) is 0. The Bertz CT molecular complexity index is 3160. The molecule has 0 spiro atoms. The van der Waals surface area contributed by atoms with Crippen molar-refractivity contribution in [1.82, 2.24) is 15.0 Å². The second-order valence-corrected chi connectivity index (χ2v) is 13.9. The number of rotatable bonds is 4. The molecule has 0 atom stereocenters. The summed E-state index contributed by atoms with van der Waals surface area (Å²) in [7, 11) is 0. The Hall–Kier alpha value is -6.63. The number of nitrogens with zero attached hydrogens (tertiary/aromatic N) is 3. The molecule has 4 heterocycles. The van der Waals surface area contributed by atoms with Gasteiger partial charge in [0.05, 0.1) is 5.56 Å². The molecule has 238 valence electrons. The van der Waals surface area contributed by atoms with Crippen LogP contribution in [0, 0.1) is 0 Å².